The summed E-state index contributed by atoms with van der Waals surface area (Å²) < 4.78 is 13.6. The Morgan fingerprint density at radius 3 is 2.79 bits per heavy atom. The minimum atomic E-state index is -0.191. The van der Waals surface area contributed by atoms with Crippen LogP contribution in [0.25, 0.3) is 0 Å². The third-order valence-corrected chi connectivity index (χ3v) is 5.30. The van der Waals surface area contributed by atoms with Crippen LogP contribution in [0.15, 0.2) is 72.1 Å². The lowest BCUT2D eigenvalue weighted by molar-refractivity contribution is -0.119. The normalized spacial score (nSPS) is 15.2. The summed E-state index contributed by atoms with van der Waals surface area (Å²) in [4.78, 5) is 16.6. The number of hydrogen-bond acceptors (Lipinski definition) is 5. The van der Waals surface area contributed by atoms with Crippen molar-refractivity contribution in [3.8, 4) is 11.5 Å². The van der Waals surface area contributed by atoms with Crippen LogP contribution in [0.4, 0.5) is 0 Å². The summed E-state index contributed by atoms with van der Waals surface area (Å²) in [6.45, 7) is 1.57. The van der Waals surface area contributed by atoms with Gasteiger partial charge in [-0.25, -0.2) is 4.98 Å². The molecule has 4 rings (SSSR count). The van der Waals surface area contributed by atoms with Crippen molar-refractivity contribution in [3.05, 3.63) is 72.6 Å². The molecule has 2 aromatic carbocycles. The maximum absolute atomic E-state index is 12.2. The molecule has 2 heterocycles. The van der Waals surface area contributed by atoms with Crippen molar-refractivity contribution >= 4 is 17.7 Å². The van der Waals surface area contributed by atoms with E-state index in [9.17, 15) is 4.79 Å². The van der Waals surface area contributed by atoms with E-state index in [0.717, 1.165) is 17.5 Å². The first kappa shape index (κ1) is 18.4. The zero-order valence-electron chi connectivity index (χ0n) is 15.3. The van der Waals surface area contributed by atoms with Crippen molar-refractivity contribution in [2.75, 3.05) is 18.9 Å². The maximum Gasteiger partial charge on any atom is 0.230 e. The first-order valence-corrected chi connectivity index (χ1v) is 10.1. The number of ether oxygens (including phenoxy) is 2. The largest absolute Gasteiger partial charge is 0.486 e. The first-order valence-electron chi connectivity index (χ1n) is 9.11. The molecule has 144 valence electrons. The van der Waals surface area contributed by atoms with Gasteiger partial charge in [0.1, 0.15) is 12.7 Å². The van der Waals surface area contributed by atoms with Crippen molar-refractivity contribution < 1.29 is 14.3 Å². The molecule has 3 aromatic rings. The highest BCUT2D eigenvalue weighted by molar-refractivity contribution is 7.99. The summed E-state index contributed by atoms with van der Waals surface area (Å²) >= 11 is 1.42. The maximum atomic E-state index is 12.2. The van der Waals surface area contributed by atoms with Gasteiger partial charge in [0, 0.05) is 18.9 Å². The fraction of sp³-hybridized carbons (Fsp3) is 0.238. The quantitative estimate of drug-likeness (QED) is 0.623. The molecule has 1 atom stereocenters. The van der Waals surface area contributed by atoms with Crippen LogP contribution in [0, 0.1) is 0 Å². The zero-order chi connectivity index (χ0) is 19.2. The summed E-state index contributed by atoms with van der Waals surface area (Å²) in [6.07, 6.45) is 3.50. The van der Waals surface area contributed by atoms with Gasteiger partial charge in [-0.1, -0.05) is 54.2 Å². The second-order valence-corrected chi connectivity index (χ2v) is 7.36. The van der Waals surface area contributed by atoms with Gasteiger partial charge in [-0.3, -0.25) is 4.79 Å². The van der Waals surface area contributed by atoms with E-state index in [-0.39, 0.29) is 12.0 Å². The average Bonchev–Trinajstić information content (AvgIpc) is 3.18. The molecule has 0 spiro atoms. The first-order chi connectivity index (χ1) is 13.8. The number of benzene rings is 2. The van der Waals surface area contributed by atoms with Crippen LogP contribution in [0.3, 0.4) is 0 Å². The number of carbonyl (C=O) groups is 1. The van der Waals surface area contributed by atoms with E-state index < -0.39 is 0 Å². The van der Waals surface area contributed by atoms with E-state index in [4.69, 9.17) is 9.47 Å². The van der Waals surface area contributed by atoms with Crippen molar-refractivity contribution in [1.29, 1.82) is 0 Å². The second-order valence-electron chi connectivity index (χ2n) is 6.41. The number of imidazole rings is 1. The Hall–Kier alpha value is -2.93. The fourth-order valence-electron chi connectivity index (χ4n) is 2.91. The molecule has 0 aliphatic carbocycles. The molecular formula is C21H21N3O3S. The van der Waals surface area contributed by atoms with E-state index in [1.165, 1.54) is 17.3 Å². The van der Waals surface area contributed by atoms with Crippen LogP contribution >= 0.6 is 11.8 Å². The lowest BCUT2D eigenvalue weighted by atomic mass is 10.2. The molecule has 1 N–H and O–H groups in total. The highest BCUT2D eigenvalue weighted by Crippen LogP contribution is 2.30. The van der Waals surface area contributed by atoms with E-state index in [1.807, 2.05) is 53.2 Å². The molecule has 0 fully saturated rings. The molecule has 1 aliphatic rings. The predicted octanol–water partition coefficient (Wildman–Crippen LogP) is 2.98. The SMILES string of the molecule is O=C(CSc1nccn1Cc1ccccc1)NCC1COc2ccccc2O1. The van der Waals surface area contributed by atoms with Gasteiger partial charge in [0.15, 0.2) is 16.7 Å². The van der Waals surface area contributed by atoms with Gasteiger partial charge in [-0.2, -0.15) is 0 Å². The summed E-state index contributed by atoms with van der Waals surface area (Å²) in [7, 11) is 0. The number of hydrogen-bond donors (Lipinski definition) is 1. The Morgan fingerprint density at radius 1 is 1.14 bits per heavy atom. The monoisotopic (exact) mass is 395 g/mol. The van der Waals surface area contributed by atoms with Gasteiger partial charge in [-0.05, 0) is 17.7 Å². The Labute approximate surface area is 167 Å². The Bertz CT molecular complexity index is 929. The number of thioether (sulfide) groups is 1. The predicted molar refractivity (Wildman–Crippen MR) is 108 cm³/mol. The van der Waals surface area contributed by atoms with Gasteiger partial charge in [0.2, 0.25) is 5.91 Å². The van der Waals surface area contributed by atoms with Gasteiger partial charge < -0.3 is 19.4 Å². The molecule has 0 radical (unpaired) electrons. The van der Waals surface area contributed by atoms with Gasteiger partial charge in [0.25, 0.3) is 0 Å². The number of amides is 1. The highest BCUT2D eigenvalue weighted by Gasteiger charge is 2.21. The van der Waals surface area contributed by atoms with Gasteiger partial charge in [-0.15, -0.1) is 0 Å². The Morgan fingerprint density at radius 2 is 1.93 bits per heavy atom. The van der Waals surface area contributed by atoms with Crippen LogP contribution in [0.2, 0.25) is 0 Å². The van der Waals surface area contributed by atoms with Crippen LogP contribution in [-0.4, -0.2) is 40.5 Å². The summed E-state index contributed by atoms with van der Waals surface area (Å²) in [5.74, 6) is 1.70. The molecule has 28 heavy (non-hydrogen) atoms. The van der Waals surface area contributed by atoms with Crippen molar-refractivity contribution in [3.63, 3.8) is 0 Å². The van der Waals surface area contributed by atoms with E-state index in [0.29, 0.717) is 24.7 Å². The molecule has 6 nitrogen and oxygen atoms in total. The molecule has 0 bridgehead atoms. The number of nitrogens with one attached hydrogen (secondary N) is 1. The van der Waals surface area contributed by atoms with E-state index >= 15 is 0 Å². The van der Waals surface area contributed by atoms with E-state index in [1.54, 1.807) is 6.20 Å². The van der Waals surface area contributed by atoms with Crippen LogP contribution in [-0.2, 0) is 11.3 Å². The fourth-order valence-corrected chi connectivity index (χ4v) is 3.70. The average molecular weight is 395 g/mol. The molecule has 1 aliphatic heterocycles. The van der Waals surface area contributed by atoms with Gasteiger partial charge in [0.05, 0.1) is 12.3 Å². The van der Waals surface area contributed by atoms with Crippen LogP contribution < -0.4 is 14.8 Å². The van der Waals surface area contributed by atoms with Crippen molar-refractivity contribution in [2.45, 2.75) is 17.8 Å². The summed E-state index contributed by atoms with van der Waals surface area (Å²) in [5, 5.41) is 3.74. The number of fused-ring (bicyclic) bond motifs is 1. The number of aromatic nitrogens is 2. The topological polar surface area (TPSA) is 65.4 Å². The van der Waals surface area contributed by atoms with Crippen LogP contribution in [0.1, 0.15) is 5.56 Å². The number of rotatable bonds is 7. The lowest BCUT2D eigenvalue weighted by Gasteiger charge is -2.26. The number of nitrogens with zero attached hydrogens (tertiary/aromatic N) is 2. The van der Waals surface area contributed by atoms with E-state index in [2.05, 4.69) is 22.4 Å². The minimum Gasteiger partial charge on any atom is -0.486 e. The molecule has 1 aromatic heterocycles. The number of carbonyl (C=O) groups excluding carboxylic acids is 1. The molecule has 1 amide bonds. The Balaban J connectivity index is 1.24. The van der Waals surface area contributed by atoms with Crippen molar-refractivity contribution in [2.24, 2.45) is 0 Å². The van der Waals surface area contributed by atoms with Crippen LogP contribution in [0.5, 0.6) is 11.5 Å². The summed E-state index contributed by atoms with van der Waals surface area (Å²) in [5.41, 5.74) is 1.20. The zero-order valence-corrected chi connectivity index (χ0v) is 16.1. The number of para-hydroxylation sites is 2. The Kier molecular flexibility index (Phi) is 5.82. The molecule has 7 heteroatoms. The van der Waals surface area contributed by atoms with Gasteiger partial charge >= 0.3 is 0 Å². The molecule has 0 saturated heterocycles. The minimum absolute atomic E-state index is 0.0540. The molecule has 0 saturated carbocycles. The lowest BCUT2D eigenvalue weighted by Crippen LogP contribution is -2.41. The summed E-state index contributed by atoms with van der Waals surface area (Å²) in [6, 6.07) is 17.7. The highest BCUT2D eigenvalue weighted by atomic mass is 32.2. The third kappa shape index (κ3) is 4.67. The molecular weight excluding hydrogens is 374 g/mol. The standard InChI is InChI=1S/C21H21N3O3S/c25-20(23-12-17-14-26-18-8-4-5-9-19(18)27-17)15-28-21-22-10-11-24(21)13-16-6-2-1-3-7-16/h1-11,17H,12-15H2,(H,23,25). The smallest absolute Gasteiger partial charge is 0.230 e. The third-order valence-electron chi connectivity index (χ3n) is 4.30. The molecule has 1 unspecified atom stereocenters. The van der Waals surface area contributed by atoms with Crippen molar-refractivity contribution in [1.82, 2.24) is 14.9 Å². The second kappa shape index (κ2) is 8.84.